The number of ether oxygens (including phenoxy) is 1. The first-order valence-electron chi connectivity index (χ1n) is 8.89. The summed E-state index contributed by atoms with van der Waals surface area (Å²) in [6, 6.07) is 3.67. The minimum absolute atomic E-state index is 0.0452. The number of hydrogen-bond acceptors (Lipinski definition) is 4. The predicted molar refractivity (Wildman–Crippen MR) is 99.5 cm³/mol. The van der Waals surface area contributed by atoms with Crippen LogP contribution in [0.4, 0.5) is 11.4 Å². The Morgan fingerprint density at radius 1 is 1.42 bits per heavy atom. The molecule has 26 heavy (non-hydrogen) atoms. The number of hydrogen-bond donors (Lipinski definition) is 2. The molecule has 2 heterocycles. The molecule has 2 aromatic rings. The number of methoxy groups -OCH3 is 1. The van der Waals surface area contributed by atoms with Crippen molar-refractivity contribution < 1.29 is 14.3 Å². The van der Waals surface area contributed by atoms with Gasteiger partial charge in [-0.15, -0.1) is 0 Å². The molecule has 7 heteroatoms. The molecule has 1 aromatic carbocycles. The number of imidazole rings is 1. The van der Waals surface area contributed by atoms with E-state index in [1.807, 2.05) is 24.5 Å². The predicted octanol–water partition coefficient (Wildman–Crippen LogP) is 3.12. The summed E-state index contributed by atoms with van der Waals surface area (Å²) in [6.45, 7) is 4.78. The number of rotatable bonds is 6. The molecular formula is C19H24N4O3. The van der Waals surface area contributed by atoms with Crippen LogP contribution >= 0.6 is 0 Å². The SMILES string of the molecule is CCCC(=O)Nc1cc2c(cc1OC)NC(=O)CC2c1cncn1CC. The summed E-state index contributed by atoms with van der Waals surface area (Å²) in [5, 5.41) is 5.83. The highest BCUT2D eigenvalue weighted by Crippen LogP contribution is 2.42. The summed E-state index contributed by atoms with van der Waals surface area (Å²) in [6.07, 6.45) is 5.13. The zero-order valence-electron chi connectivity index (χ0n) is 15.3. The van der Waals surface area contributed by atoms with Gasteiger partial charge in [-0.3, -0.25) is 9.59 Å². The maximum Gasteiger partial charge on any atom is 0.225 e. The first kappa shape index (κ1) is 18.0. The van der Waals surface area contributed by atoms with Gasteiger partial charge < -0.3 is 19.9 Å². The fourth-order valence-corrected chi connectivity index (χ4v) is 3.35. The van der Waals surface area contributed by atoms with Crippen molar-refractivity contribution in [3.63, 3.8) is 0 Å². The number of amides is 2. The minimum Gasteiger partial charge on any atom is -0.494 e. The molecule has 0 radical (unpaired) electrons. The van der Waals surface area contributed by atoms with Crippen molar-refractivity contribution in [1.82, 2.24) is 9.55 Å². The van der Waals surface area contributed by atoms with E-state index in [0.29, 0.717) is 30.0 Å². The van der Waals surface area contributed by atoms with Crippen molar-refractivity contribution in [2.45, 2.75) is 45.6 Å². The van der Waals surface area contributed by atoms with Gasteiger partial charge in [0.05, 0.1) is 19.1 Å². The lowest BCUT2D eigenvalue weighted by molar-refractivity contribution is -0.117. The van der Waals surface area contributed by atoms with Crippen molar-refractivity contribution in [3.8, 4) is 5.75 Å². The highest BCUT2D eigenvalue weighted by Gasteiger charge is 2.30. The fourth-order valence-electron chi connectivity index (χ4n) is 3.35. The van der Waals surface area contributed by atoms with Crippen LogP contribution in [0, 0.1) is 0 Å². The second-order valence-electron chi connectivity index (χ2n) is 6.35. The summed E-state index contributed by atoms with van der Waals surface area (Å²) < 4.78 is 7.45. The Morgan fingerprint density at radius 3 is 2.92 bits per heavy atom. The Balaban J connectivity index is 2.06. The molecule has 3 rings (SSSR count). The summed E-state index contributed by atoms with van der Waals surface area (Å²) in [5.74, 6) is 0.309. The molecule has 1 aliphatic heterocycles. The maximum atomic E-state index is 12.2. The van der Waals surface area contributed by atoms with E-state index in [9.17, 15) is 9.59 Å². The zero-order valence-corrected chi connectivity index (χ0v) is 15.3. The number of anilines is 2. The highest BCUT2D eigenvalue weighted by atomic mass is 16.5. The number of benzene rings is 1. The number of nitrogens with one attached hydrogen (secondary N) is 2. The molecule has 0 fully saturated rings. The van der Waals surface area contributed by atoms with Gasteiger partial charge >= 0.3 is 0 Å². The lowest BCUT2D eigenvalue weighted by atomic mass is 9.87. The quantitative estimate of drug-likeness (QED) is 0.833. The van der Waals surface area contributed by atoms with Crippen LogP contribution in [-0.2, 0) is 16.1 Å². The average molecular weight is 356 g/mol. The third-order valence-corrected chi connectivity index (χ3v) is 4.60. The number of aromatic nitrogens is 2. The molecule has 1 aromatic heterocycles. The summed E-state index contributed by atoms with van der Waals surface area (Å²) >= 11 is 0. The van der Waals surface area contributed by atoms with Gasteiger partial charge in [0.15, 0.2) is 0 Å². The molecule has 7 nitrogen and oxygen atoms in total. The first-order valence-corrected chi connectivity index (χ1v) is 8.89. The fraction of sp³-hybridized carbons (Fsp3) is 0.421. The molecule has 2 amide bonds. The van der Waals surface area contributed by atoms with Gasteiger partial charge in [-0.25, -0.2) is 4.98 Å². The largest absolute Gasteiger partial charge is 0.494 e. The smallest absolute Gasteiger partial charge is 0.225 e. The Bertz CT molecular complexity index is 828. The zero-order chi connectivity index (χ0) is 18.7. The van der Waals surface area contributed by atoms with Crippen LogP contribution < -0.4 is 15.4 Å². The molecule has 0 saturated carbocycles. The van der Waals surface area contributed by atoms with Crippen molar-refractivity contribution in [1.29, 1.82) is 0 Å². The van der Waals surface area contributed by atoms with Gasteiger partial charge in [0, 0.05) is 48.9 Å². The Morgan fingerprint density at radius 2 is 2.23 bits per heavy atom. The van der Waals surface area contributed by atoms with E-state index < -0.39 is 0 Å². The number of carbonyl (C=O) groups excluding carboxylic acids is 2. The summed E-state index contributed by atoms with van der Waals surface area (Å²) in [7, 11) is 1.55. The van der Waals surface area contributed by atoms with Crippen molar-refractivity contribution in [2.24, 2.45) is 0 Å². The third-order valence-electron chi connectivity index (χ3n) is 4.60. The molecule has 0 aliphatic carbocycles. The van der Waals surface area contributed by atoms with E-state index >= 15 is 0 Å². The molecule has 0 bridgehead atoms. The van der Waals surface area contributed by atoms with E-state index in [-0.39, 0.29) is 17.7 Å². The number of nitrogens with zero attached hydrogens (tertiary/aromatic N) is 2. The highest BCUT2D eigenvalue weighted by molar-refractivity contribution is 5.98. The molecule has 138 valence electrons. The second kappa shape index (κ2) is 7.59. The normalized spacial score (nSPS) is 16.0. The monoisotopic (exact) mass is 356 g/mol. The topological polar surface area (TPSA) is 85.2 Å². The number of carbonyl (C=O) groups is 2. The lowest BCUT2D eigenvalue weighted by Crippen LogP contribution is -2.25. The maximum absolute atomic E-state index is 12.2. The molecule has 2 N–H and O–H groups in total. The molecule has 1 aliphatic rings. The second-order valence-corrected chi connectivity index (χ2v) is 6.35. The molecule has 1 atom stereocenters. The third kappa shape index (κ3) is 3.42. The number of fused-ring (bicyclic) bond motifs is 1. The summed E-state index contributed by atoms with van der Waals surface area (Å²) in [5.41, 5.74) is 3.26. The van der Waals surface area contributed by atoms with E-state index in [1.54, 1.807) is 25.7 Å². The van der Waals surface area contributed by atoms with E-state index in [4.69, 9.17) is 4.74 Å². The van der Waals surface area contributed by atoms with Crippen LogP contribution in [0.2, 0.25) is 0 Å². The van der Waals surface area contributed by atoms with Crippen molar-refractivity contribution >= 4 is 23.2 Å². The first-order chi connectivity index (χ1) is 12.6. The standard InChI is InChI=1S/C19H24N4O3/c1-4-6-18(24)22-15-7-12-13(16-10-20-11-23(16)5-2)8-19(25)21-14(12)9-17(15)26-3/h7,9-11,13H,4-6,8H2,1-3H3,(H,21,25)(H,22,24). The van der Waals surface area contributed by atoms with Crippen LogP contribution in [-0.4, -0.2) is 28.5 Å². The van der Waals surface area contributed by atoms with Crippen LogP contribution in [0.5, 0.6) is 5.75 Å². The molecule has 1 unspecified atom stereocenters. The van der Waals surface area contributed by atoms with Gasteiger partial charge in [0.1, 0.15) is 5.75 Å². The molecule has 0 spiro atoms. The van der Waals surface area contributed by atoms with Crippen LogP contribution in [0.25, 0.3) is 0 Å². The van der Waals surface area contributed by atoms with E-state index in [2.05, 4.69) is 15.6 Å². The van der Waals surface area contributed by atoms with Crippen molar-refractivity contribution in [3.05, 3.63) is 35.9 Å². The lowest BCUT2D eigenvalue weighted by Gasteiger charge is -2.27. The van der Waals surface area contributed by atoms with Gasteiger partial charge in [-0.1, -0.05) is 6.92 Å². The van der Waals surface area contributed by atoms with Crippen LogP contribution in [0.15, 0.2) is 24.7 Å². The van der Waals surface area contributed by atoms with E-state index in [0.717, 1.165) is 24.2 Å². The van der Waals surface area contributed by atoms with Gasteiger partial charge in [0.2, 0.25) is 11.8 Å². The van der Waals surface area contributed by atoms with Crippen LogP contribution in [0.3, 0.4) is 0 Å². The molecule has 0 saturated heterocycles. The Kier molecular flexibility index (Phi) is 5.25. The van der Waals surface area contributed by atoms with Gasteiger partial charge in [0.25, 0.3) is 0 Å². The average Bonchev–Trinajstić information content (AvgIpc) is 3.09. The van der Waals surface area contributed by atoms with E-state index in [1.165, 1.54) is 0 Å². The minimum atomic E-state index is -0.117. The van der Waals surface area contributed by atoms with Gasteiger partial charge in [-0.2, -0.15) is 0 Å². The van der Waals surface area contributed by atoms with Crippen molar-refractivity contribution in [2.75, 3.05) is 17.7 Å². The van der Waals surface area contributed by atoms with Crippen LogP contribution in [0.1, 0.15) is 50.3 Å². The Hall–Kier alpha value is -2.83. The van der Waals surface area contributed by atoms with Gasteiger partial charge in [-0.05, 0) is 25.0 Å². The molecular weight excluding hydrogens is 332 g/mol. The summed E-state index contributed by atoms with van der Waals surface area (Å²) in [4.78, 5) is 28.5. The number of aryl methyl sites for hydroxylation is 1. The Labute approximate surface area is 152 Å².